The lowest BCUT2D eigenvalue weighted by Crippen LogP contribution is -2.37. The molecule has 1 aromatic carbocycles. The summed E-state index contributed by atoms with van der Waals surface area (Å²) >= 11 is 5.44. The van der Waals surface area contributed by atoms with Gasteiger partial charge in [0.2, 0.25) is 17.1 Å². The Hall–Kier alpha value is -1.95. The van der Waals surface area contributed by atoms with Crippen LogP contribution in [0.3, 0.4) is 0 Å². The van der Waals surface area contributed by atoms with Gasteiger partial charge in [-0.25, -0.2) is 4.39 Å². The molecule has 0 saturated heterocycles. The smallest absolute Gasteiger partial charge is 0.244 e. The molecular weight excluding hydrogens is 311 g/mol. The van der Waals surface area contributed by atoms with Crippen LogP contribution in [0.5, 0.6) is 0 Å². The van der Waals surface area contributed by atoms with Crippen LogP contribution in [0.2, 0.25) is 0 Å². The Balaban J connectivity index is 2.91. The average molecular weight is 329 g/mol. The van der Waals surface area contributed by atoms with E-state index in [-0.39, 0.29) is 18.2 Å². The van der Waals surface area contributed by atoms with Crippen molar-refractivity contribution < 1.29 is 18.8 Å². The molecule has 0 aromatic heterocycles. The van der Waals surface area contributed by atoms with E-state index in [0.29, 0.717) is 23.2 Å². The van der Waals surface area contributed by atoms with Crippen LogP contribution in [0, 0.1) is 12.7 Å². The van der Waals surface area contributed by atoms with Crippen molar-refractivity contribution in [2.45, 2.75) is 39.7 Å². The molecule has 0 radical (unpaired) electrons. The first-order chi connectivity index (χ1) is 10.2. The predicted molar refractivity (Wildman–Crippen MR) is 82.2 cm³/mol. The molecule has 0 aliphatic rings. The summed E-state index contributed by atoms with van der Waals surface area (Å²) in [5.74, 6) is -1.12. The molecule has 1 atom stereocenters. The number of hydrogen-bond donors (Lipinski definition) is 2. The standard InChI is InChI=1S/C15H18ClFN2O3/c1-8-11(4-5-14(15(16)22)19-10(3)21)6-12(7-13(8)17)18-9(2)20/h6-7,14H,4-5H2,1-3H3,(H,18,20)(H,19,21)/t14-/m0/s1. The second-order valence-electron chi connectivity index (χ2n) is 5.02. The van der Waals surface area contributed by atoms with Crippen LogP contribution < -0.4 is 10.6 Å². The van der Waals surface area contributed by atoms with Crippen molar-refractivity contribution in [2.75, 3.05) is 5.32 Å². The van der Waals surface area contributed by atoms with Crippen molar-refractivity contribution in [1.29, 1.82) is 0 Å². The van der Waals surface area contributed by atoms with Gasteiger partial charge < -0.3 is 10.6 Å². The highest BCUT2D eigenvalue weighted by Crippen LogP contribution is 2.21. The van der Waals surface area contributed by atoms with Crippen molar-refractivity contribution in [2.24, 2.45) is 0 Å². The molecule has 0 heterocycles. The molecule has 0 aliphatic carbocycles. The number of hydrogen-bond acceptors (Lipinski definition) is 3. The van der Waals surface area contributed by atoms with Gasteiger partial charge in [0, 0.05) is 19.5 Å². The predicted octanol–water partition coefficient (Wildman–Crippen LogP) is 2.30. The second-order valence-corrected chi connectivity index (χ2v) is 5.39. The lowest BCUT2D eigenvalue weighted by atomic mass is 10.00. The van der Waals surface area contributed by atoms with Crippen molar-refractivity contribution in [3.8, 4) is 0 Å². The molecule has 1 aromatic rings. The molecule has 0 spiro atoms. The summed E-state index contributed by atoms with van der Waals surface area (Å²) in [6.45, 7) is 4.23. The quantitative estimate of drug-likeness (QED) is 0.787. The third-order valence-corrected chi connectivity index (χ3v) is 3.39. The molecule has 7 heteroatoms. The number of nitrogens with one attached hydrogen (secondary N) is 2. The number of carbonyl (C=O) groups is 3. The summed E-state index contributed by atoms with van der Waals surface area (Å²) in [7, 11) is 0. The molecule has 5 nitrogen and oxygen atoms in total. The summed E-state index contributed by atoms with van der Waals surface area (Å²) in [6, 6.07) is 2.05. The third-order valence-electron chi connectivity index (χ3n) is 3.13. The second kappa shape index (κ2) is 7.89. The zero-order valence-corrected chi connectivity index (χ0v) is 13.4. The average Bonchev–Trinajstić information content (AvgIpc) is 2.38. The first-order valence-corrected chi connectivity index (χ1v) is 7.11. The Kier molecular flexibility index (Phi) is 6.49. The van der Waals surface area contributed by atoms with Gasteiger partial charge in [-0.3, -0.25) is 14.4 Å². The van der Waals surface area contributed by atoms with Crippen LogP contribution in [0.1, 0.15) is 31.4 Å². The van der Waals surface area contributed by atoms with Gasteiger partial charge in [0.1, 0.15) is 11.9 Å². The highest BCUT2D eigenvalue weighted by molar-refractivity contribution is 6.64. The number of carbonyl (C=O) groups excluding carboxylic acids is 3. The van der Waals surface area contributed by atoms with Gasteiger partial charge in [-0.05, 0) is 54.6 Å². The zero-order chi connectivity index (χ0) is 16.9. The Labute approximate surface area is 133 Å². The summed E-state index contributed by atoms with van der Waals surface area (Å²) < 4.78 is 13.9. The lowest BCUT2D eigenvalue weighted by molar-refractivity contribution is -0.123. The Bertz CT molecular complexity index is 605. The molecule has 2 N–H and O–H groups in total. The summed E-state index contributed by atoms with van der Waals surface area (Å²) in [5, 5.41) is 4.29. The molecule has 0 aliphatic heterocycles. The fraction of sp³-hybridized carbons (Fsp3) is 0.400. The van der Waals surface area contributed by atoms with Gasteiger partial charge in [0.15, 0.2) is 0 Å². The monoisotopic (exact) mass is 328 g/mol. The maximum atomic E-state index is 13.9. The Morgan fingerprint density at radius 2 is 1.86 bits per heavy atom. The zero-order valence-electron chi connectivity index (χ0n) is 12.6. The van der Waals surface area contributed by atoms with Gasteiger partial charge in [0.25, 0.3) is 0 Å². The fourth-order valence-corrected chi connectivity index (χ4v) is 2.22. The van der Waals surface area contributed by atoms with E-state index < -0.39 is 17.1 Å². The van der Waals surface area contributed by atoms with E-state index in [4.69, 9.17) is 11.6 Å². The van der Waals surface area contributed by atoms with E-state index in [2.05, 4.69) is 10.6 Å². The minimum atomic E-state index is -0.828. The highest BCUT2D eigenvalue weighted by atomic mass is 35.5. The molecule has 0 bridgehead atoms. The molecular formula is C15H18ClFN2O3. The van der Waals surface area contributed by atoms with Crippen molar-refractivity contribution >= 4 is 34.3 Å². The van der Waals surface area contributed by atoms with Crippen LogP contribution >= 0.6 is 11.6 Å². The van der Waals surface area contributed by atoms with Gasteiger partial charge in [-0.2, -0.15) is 0 Å². The highest BCUT2D eigenvalue weighted by Gasteiger charge is 2.18. The van der Waals surface area contributed by atoms with Crippen LogP contribution in [0.4, 0.5) is 10.1 Å². The number of rotatable bonds is 6. The van der Waals surface area contributed by atoms with Crippen LogP contribution in [0.15, 0.2) is 12.1 Å². The Morgan fingerprint density at radius 3 is 2.36 bits per heavy atom. The first-order valence-electron chi connectivity index (χ1n) is 6.73. The molecule has 2 amide bonds. The first kappa shape index (κ1) is 18.1. The van der Waals surface area contributed by atoms with Gasteiger partial charge in [-0.1, -0.05) is 0 Å². The van der Waals surface area contributed by atoms with Gasteiger partial charge >= 0.3 is 0 Å². The van der Waals surface area contributed by atoms with Crippen molar-refractivity contribution in [1.82, 2.24) is 5.32 Å². The van der Waals surface area contributed by atoms with E-state index in [1.807, 2.05) is 0 Å². The van der Waals surface area contributed by atoms with E-state index in [9.17, 15) is 18.8 Å². The van der Waals surface area contributed by atoms with E-state index in [1.54, 1.807) is 13.0 Å². The van der Waals surface area contributed by atoms with Crippen LogP contribution in [-0.4, -0.2) is 23.1 Å². The van der Waals surface area contributed by atoms with Gasteiger partial charge in [-0.15, -0.1) is 0 Å². The van der Waals surface area contributed by atoms with Gasteiger partial charge in [0.05, 0.1) is 0 Å². The third kappa shape index (κ3) is 5.44. The maximum Gasteiger partial charge on any atom is 0.244 e. The van der Waals surface area contributed by atoms with E-state index in [1.165, 1.54) is 19.9 Å². The van der Waals surface area contributed by atoms with E-state index in [0.717, 1.165) is 0 Å². The fourth-order valence-electron chi connectivity index (χ4n) is 2.06. The minimum absolute atomic E-state index is 0.242. The topological polar surface area (TPSA) is 75.3 Å². The molecule has 120 valence electrons. The molecule has 0 fully saturated rings. The lowest BCUT2D eigenvalue weighted by Gasteiger charge is -2.15. The molecule has 22 heavy (non-hydrogen) atoms. The van der Waals surface area contributed by atoms with Crippen LogP contribution in [0.25, 0.3) is 0 Å². The largest absolute Gasteiger partial charge is 0.345 e. The van der Waals surface area contributed by atoms with Crippen LogP contribution in [-0.2, 0) is 20.8 Å². The summed E-state index contributed by atoms with van der Waals surface area (Å²) in [6.07, 6.45) is 0.575. The molecule has 1 rings (SSSR count). The number of halogens is 2. The number of aryl methyl sites for hydroxylation is 1. The minimum Gasteiger partial charge on any atom is -0.345 e. The summed E-state index contributed by atoms with van der Waals surface area (Å²) in [4.78, 5) is 33.4. The molecule has 0 unspecified atom stereocenters. The Morgan fingerprint density at radius 1 is 1.23 bits per heavy atom. The maximum absolute atomic E-state index is 13.9. The number of amides is 2. The molecule has 0 saturated carbocycles. The van der Waals surface area contributed by atoms with Crippen molar-refractivity contribution in [3.05, 3.63) is 29.1 Å². The normalized spacial score (nSPS) is 11.7. The number of anilines is 1. The van der Waals surface area contributed by atoms with Crippen molar-refractivity contribution in [3.63, 3.8) is 0 Å². The summed E-state index contributed by atoms with van der Waals surface area (Å²) in [5.41, 5.74) is 1.41. The van der Waals surface area contributed by atoms with E-state index >= 15 is 0 Å². The number of benzene rings is 1. The SMILES string of the molecule is CC(=O)Nc1cc(F)c(C)c(CC[C@H](NC(C)=O)C(=O)Cl)c1.